The summed E-state index contributed by atoms with van der Waals surface area (Å²) < 4.78 is 16.1. The number of nitrogens with zero attached hydrogens (tertiary/aromatic N) is 1. The quantitative estimate of drug-likeness (QED) is 0.648. The molecule has 0 saturated carbocycles. The van der Waals surface area contributed by atoms with Crippen LogP contribution in [0.5, 0.6) is 17.2 Å². The number of nitrogens with one attached hydrogen (secondary N) is 1. The molecule has 0 atom stereocenters. The Hall–Kier alpha value is -3.02. The molecule has 0 aromatic heterocycles. The lowest BCUT2D eigenvalue weighted by molar-refractivity contribution is -0.123. The van der Waals surface area contributed by atoms with Crippen molar-refractivity contribution in [2.45, 2.75) is 20.3 Å². The van der Waals surface area contributed by atoms with Gasteiger partial charge < -0.3 is 14.2 Å². The van der Waals surface area contributed by atoms with Gasteiger partial charge in [0.05, 0.1) is 5.71 Å². The van der Waals surface area contributed by atoms with Crippen molar-refractivity contribution in [2.75, 3.05) is 13.4 Å². The van der Waals surface area contributed by atoms with Gasteiger partial charge in [0, 0.05) is 5.56 Å². The van der Waals surface area contributed by atoms with Gasteiger partial charge in [-0.1, -0.05) is 19.1 Å². The fraction of sp³-hybridized carbons (Fsp3) is 0.263. The second kappa shape index (κ2) is 7.70. The fourth-order valence-electron chi connectivity index (χ4n) is 2.33. The molecular formula is C19H20N2O4. The number of rotatable bonds is 6. The number of hydrogen-bond acceptors (Lipinski definition) is 5. The monoisotopic (exact) mass is 340 g/mol. The Labute approximate surface area is 146 Å². The molecular weight excluding hydrogens is 320 g/mol. The molecule has 2 aromatic carbocycles. The summed E-state index contributed by atoms with van der Waals surface area (Å²) in [7, 11) is 0. The highest BCUT2D eigenvalue weighted by Crippen LogP contribution is 2.32. The zero-order valence-electron chi connectivity index (χ0n) is 14.2. The fourth-order valence-corrected chi connectivity index (χ4v) is 2.33. The first-order valence-electron chi connectivity index (χ1n) is 8.10. The van der Waals surface area contributed by atoms with E-state index in [-0.39, 0.29) is 19.3 Å². The van der Waals surface area contributed by atoms with Gasteiger partial charge in [0.1, 0.15) is 5.75 Å². The lowest BCUT2D eigenvalue weighted by Crippen LogP contribution is -2.25. The maximum absolute atomic E-state index is 11.9. The number of hydrogen-bond donors (Lipinski definition) is 1. The Balaban J connectivity index is 1.52. The summed E-state index contributed by atoms with van der Waals surface area (Å²) in [6, 6.07) is 13.2. The van der Waals surface area contributed by atoms with Gasteiger partial charge in [0.25, 0.3) is 5.91 Å². The maximum Gasteiger partial charge on any atom is 0.277 e. The van der Waals surface area contributed by atoms with Crippen LogP contribution < -0.4 is 19.6 Å². The lowest BCUT2D eigenvalue weighted by atomic mass is 10.1. The van der Waals surface area contributed by atoms with Crippen molar-refractivity contribution in [2.24, 2.45) is 5.10 Å². The van der Waals surface area contributed by atoms with Crippen LogP contribution in [-0.2, 0) is 11.2 Å². The van der Waals surface area contributed by atoms with Crippen LogP contribution in [0.4, 0.5) is 0 Å². The largest absolute Gasteiger partial charge is 0.484 e. The zero-order valence-corrected chi connectivity index (χ0v) is 14.2. The van der Waals surface area contributed by atoms with E-state index >= 15 is 0 Å². The minimum atomic E-state index is -0.320. The average molecular weight is 340 g/mol. The van der Waals surface area contributed by atoms with Crippen molar-refractivity contribution in [3.8, 4) is 17.2 Å². The molecule has 1 aliphatic rings. The van der Waals surface area contributed by atoms with Crippen LogP contribution >= 0.6 is 0 Å². The normalized spacial score (nSPS) is 12.8. The van der Waals surface area contributed by atoms with Crippen LogP contribution in [-0.4, -0.2) is 25.0 Å². The van der Waals surface area contributed by atoms with Gasteiger partial charge >= 0.3 is 0 Å². The Morgan fingerprint density at radius 3 is 2.68 bits per heavy atom. The number of aryl methyl sites for hydroxylation is 1. The van der Waals surface area contributed by atoms with E-state index in [1.165, 1.54) is 5.56 Å². The van der Waals surface area contributed by atoms with E-state index < -0.39 is 0 Å². The number of hydrazone groups is 1. The molecule has 0 aliphatic carbocycles. The van der Waals surface area contributed by atoms with E-state index in [0.717, 1.165) is 12.0 Å². The molecule has 6 nitrogen and oxygen atoms in total. The van der Waals surface area contributed by atoms with Gasteiger partial charge in [-0.3, -0.25) is 4.79 Å². The van der Waals surface area contributed by atoms with Crippen molar-refractivity contribution in [1.29, 1.82) is 0 Å². The first-order valence-corrected chi connectivity index (χ1v) is 8.10. The highest BCUT2D eigenvalue weighted by atomic mass is 16.7. The Kier molecular flexibility index (Phi) is 5.18. The first kappa shape index (κ1) is 16.8. The highest BCUT2D eigenvalue weighted by molar-refractivity contribution is 5.99. The molecule has 3 rings (SSSR count). The first-order chi connectivity index (χ1) is 12.2. The Morgan fingerprint density at radius 1 is 1.16 bits per heavy atom. The maximum atomic E-state index is 11.9. The molecule has 1 N–H and O–H groups in total. The summed E-state index contributed by atoms with van der Waals surface area (Å²) in [5, 5.41) is 4.10. The molecule has 0 fully saturated rings. The lowest BCUT2D eigenvalue weighted by Gasteiger charge is -2.07. The Bertz CT molecular complexity index is 785. The number of ether oxygens (including phenoxy) is 3. The third-order valence-electron chi connectivity index (χ3n) is 3.84. The number of benzene rings is 2. The molecule has 0 bridgehead atoms. The highest BCUT2D eigenvalue weighted by Gasteiger charge is 2.14. The van der Waals surface area contributed by atoms with Crippen molar-refractivity contribution < 1.29 is 19.0 Å². The number of fused-ring (bicyclic) bond motifs is 1. The molecule has 6 heteroatoms. The van der Waals surface area contributed by atoms with Crippen molar-refractivity contribution >= 4 is 11.6 Å². The molecule has 1 aliphatic heterocycles. The third kappa shape index (κ3) is 4.29. The van der Waals surface area contributed by atoms with Gasteiger partial charge in [-0.25, -0.2) is 5.43 Å². The molecule has 130 valence electrons. The number of carbonyl (C=O) groups excluding carboxylic acids is 1. The summed E-state index contributed by atoms with van der Waals surface area (Å²) in [5.41, 5.74) is 5.23. The van der Waals surface area contributed by atoms with Gasteiger partial charge in [0.2, 0.25) is 6.79 Å². The van der Waals surface area contributed by atoms with E-state index in [2.05, 4.69) is 17.5 Å². The van der Waals surface area contributed by atoms with Gasteiger partial charge in [-0.15, -0.1) is 0 Å². The van der Waals surface area contributed by atoms with E-state index in [4.69, 9.17) is 14.2 Å². The van der Waals surface area contributed by atoms with E-state index in [9.17, 15) is 4.79 Å². The van der Waals surface area contributed by atoms with Crippen molar-refractivity contribution in [3.63, 3.8) is 0 Å². The molecule has 0 spiro atoms. The van der Waals surface area contributed by atoms with Crippen molar-refractivity contribution in [1.82, 2.24) is 5.43 Å². The summed E-state index contributed by atoms with van der Waals surface area (Å²) >= 11 is 0. The SMILES string of the molecule is CCc1ccc(OCC(=O)N/N=C(/C)c2ccc3c(c2)OCO3)cc1. The van der Waals surface area contributed by atoms with Crippen molar-refractivity contribution in [3.05, 3.63) is 53.6 Å². The van der Waals surface area contributed by atoms with E-state index in [1.807, 2.05) is 49.4 Å². The average Bonchev–Trinajstić information content (AvgIpc) is 3.12. The summed E-state index contributed by atoms with van der Waals surface area (Å²) in [5.74, 6) is 1.73. The summed E-state index contributed by atoms with van der Waals surface area (Å²) in [6.07, 6.45) is 0.967. The molecule has 0 radical (unpaired) electrons. The van der Waals surface area contributed by atoms with E-state index in [0.29, 0.717) is 23.0 Å². The van der Waals surface area contributed by atoms with Gasteiger partial charge in [0.15, 0.2) is 18.1 Å². The number of amides is 1. The summed E-state index contributed by atoms with van der Waals surface area (Å²) in [6.45, 7) is 4.03. The predicted molar refractivity (Wildman–Crippen MR) is 94.2 cm³/mol. The minimum Gasteiger partial charge on any atom is -0.484 e. The molecule has 1 heterocycles. The predicted octanol–water partition coefficient (Wildman–Crippen LogP) is 2.90. The van der Waals surface area contributed by atoms with Gasteiger partial charge in [-0.2, -0.15) is 5.10 Å². The third-order valence-corrected chi connectivity index (χ3v) is 3.84. The topological polar surface area (TPSA) is 69.2 Å². The van der Waals surface area contributed by atoms with Crippen LogP contribution in [0.2, 0.25) is 0 Å². The van der Waals surface area contributed by atoms with Gasteiger partial charge in [-0.05, 0) is 49.2 Å². The van der Waals surface area contributed by atoms with Crippen LogP contribution in [0, 0.1) is 0 Å². The second-order valence-electron chi connectivity index (χ2n) is 5.59. The summed E-state index contributed by atoms with van der Waals surface area (Å²) in [4.78, 5) is 11.9. The molecule has 0 unspecified atom stereocenters. The van der Waals surface area contributed by atoms with Crippen LogP contribution in [0.25, 0.3) is 0 Å². The number of carbonyl (C=O) groups is 1. The minimum absolute atomic E-state index is 0.0939. The Morgan fingerprint density at radius 2 is 1.92 bits per heavy atom. The van der Waals surface area contributed by atoms with Crippen LogP contribution in [0.1, 0.15) is 25.0 Å². The molecule has 1 amide bonds. The zero-order chi connectivity index (χ0) is 17.6. The molecule has 2 aromatic rings. The van der Waals surface area contributed by atoms with Crippen LogP contribution in [0.3, 0.4) is 0 Å². The van der Waals surface area contributed by atoms with Crippen LogP contribution in [0.15, 0.2) is 47.6 Å². The molecule has 0 saturated heterocycles. The van der Waals surface area contributed by atoms with E-state index in [1.54, 1.807) is 0 Å². The molecule has 25 heavy (non-hydrogen) atoms. The smallest absolute Gasteiger partial charge is 0.277 e. The second-order valence-corrected chi connectivity index (χ2v) is 5.59. The standard InChI is InChI=1S/C19H20N2O4/c1-3-14-4-7-16(8-5-14)23-11-19(22)21-20-13(2)15-6-9-17-18(10-15)25-12-24-17/h4-10H,3,11-12H2,1-2H3,(H,21,22)/b20-13-.